The van der Waals surface area contributed by atoms with Gasteiger partial charge in [0.25, 0.3) is 0 Å². The van der Waals surface area contributed by atoms with E-state index in [2.05, 4.69) is 5.32 Å². The fourth-order valence-electron chi connectivity index (χ4n) is 2.69. The van der Waals surface area contributed by atoms with Crippen LogP contribution in [0.3, 0.4) is 0 Å². The number of sulfonamides is 1. The lowest BCUT2D eigenvalue weighted by atomic mass is 10.1. The molecule has 0 saturated heterocycles. The third kappa shape index (κ3) is 5.75. The van der Waals surface area contributed by atoms with Gasteiger partial charge in [-0.15, -0.1) is 0 Å². The van der Waals surface area contributed by atoms with E-state index in [0.29, 0.717) is 17.3 Å². The second kappa shape index (κ2) is 9.05. The van der Waals surface area contributed by atoms with Crippen molar-refractivity contribution in [2.24, 2.45) is 0 Å². The van der Waals surface area contributed by atoms with Crippen LogP contribution in [-0.4, -0.2) is 33.2 Å². The van der Waals surface area contributed by atoms with E-state index in [9.17, 15) is 13.2 Å². The molecule has 7 heteroatoms. The van der Waals surface area contributed by atoms with Gasteiger partial charge in [-0.25, -0.2) is 8.42 Å². The summed E-state index contributed by atoms with van der Waals surface area (Å²) in [4.78, 5) is 12.4. The molecule has 0 unspecified atom stereocenters. The zero-order valence-corrected chi connectivity index (χ0v) is 16.4. The van der Waals surface area contributed by atoms with Gasteiger partial charge in [-0.3, -0.25) is 9.10 Å². The fraction of sp³-hybridized carbons (Fsp3) is 0.316. The minimum absolute atomic E-state index is 0.324. The van der Waals surface area contributed by atoms with E-state index >= 15 is 0 Å². The van der Waals surface area contributed by atoms with Crippen molar-refractivity contribution < 1.29 is 13.2 Å². The fourth-order valence-corrected chi connectivity index (χ4v) is 3.99. The number of carbonyl (C=O) groups is 1. The molecule has 2 rings (SSSR count). The van der Waals surface area contributed by atoms with Crippen LogP contribution < -0.4 is 9.62 Å². The molecule has 1 atom stereocenters. The molecule has 0 spiro atoms. The number of aryl methyl sites for hydroxylation is 1. The molecule has 0 radical (unpaired) electrons. The van der Waals surface area contributed by atoms with Gasteiger partial charge >= 0.3 is 0 Å². The van der Waals surface area contributed by atoms with Crippen molar-refractivity contribution in [2.75, 3.05) is 17.1 Å². The standard InChI is InChI=1S/C19H23ClN2O3S/c1-15(22(26(2,24)25)18-8-4-3-5-9-18)19(23)21-14-6-7-16-10-12-17(20)13-11-16/h3-5,8-13,15H,6-7,14H2,1-2H3,(H,21,23)/t15-/m1/s1. The molecule has 0 bridgehead atoms. The van der Waals surface area contributed by atoms with Crippen molar-refractivity contribution in [1.82, 2.24) is 5.32 Å². The zero-order valence-electron chi connectivity index (χ0n) is 14.9. The lowest BCUT2D eigenvalue weighted by Gasteiger charge is -2.28. The monoisotopic (exact) mass is 394 g/mol. The van der Waals surface area contributed by atoms with Gasteiger partial charge < -0.3 is 5.32 Å². The normalized spacial score (nSPS) is 12.4. The Bertz CT molecular complexity index is 824. The molecule has 0 aliphatic carbocycles. The largest absolute Gasteiger partial charge is 0.354 e. The quantitative estimate of drug-likeness (QED) is 0.699. The number of benzene rings is 2. The summed E-state index contributed by atoms with van der Waals surface area (Å²) in [6.45, 7) is 2.06. The summed E-state index contributed by atoms with van der Waals surface area (Å²) in [6, 6.07) is 15.4. The van der Waals surface area contributed by atoms with Gasteiger partial charge in [0, 0.05) is 11.6 Å². The van der Waals surface area contributed by atoms with Crippen molar-refractivity contribution in [2.45, 2.75) is 25.8 Å². The van der Waals surface area contributed by atoms with Crippen LogP contribution in [0.15, 0.2) is 54.6 Å². The second-order valence-electron chi connectivity index (χ2n) is 6.09. The first-order valence-corrected chi connectivity index (χ1v) is 10.6. The Kier molecular flexibility index (Phi) is 7.06. The Hall–Kier alpha value is -2.05. The molecule has 5 nitrogen and oxygen atoms in total. The Morgan fingerprint density at radius 1 is 1.12 bits per heavy atom. The van der Waals surface area contributed by atoms with Crippen LogP contribution in [0.1, 0.15) is 18.9 Å². The summed E-state index contributed by atoms with van der Waals surface area (Å²) >= 11 is 5.86. The molecule has 0 aliphatic heterocycles. The SMILES string of the molecule is C[C@H](C(=O)NCCCc1ccc(Cl)cc1)N(c1ccccc1)S(C)(=O)=O. The number of rotatable bonds is 8. The Morgan fingerprint density at radius 2 is 1.73 bits per heavy atom. The average Bonchev–Trinajstić information content (AvgIpc) is 2.60. The molecule has 1 amide bonds. The van der Waals surface area contributed by atoms with Crippen molar-refractivity contribution in [1.29, 1.82) is 0 Å². The summed E-state index contributed by atoms with van der Waals surface area (Å²) in [5, 5.41) is 3.51. The van der Waals surface area contributed by atoms with Crippen LogP contribution in [0.5, 0.6) is 0 Å². The lowest BCUT2D eigenvalue weighted by Crippen LogP contribution is -2.48. The van der Waals surface area contributed by atoms with E-state index in [1.807, 2.05) is 24.3 Å². The van der Waals surface area contributed by atoms with Crippen molar-refractivity contribution in [3.05, 3.63) is 65.2 Å². The summed E-state index contributed by atoms with van der Waals surface area (Å²) in [6.07, 6.45) is 2.66. The van der Waals surface area contributed by atoms with Gasteiger partial charge in [-0.2, -0.15) is 0 Å². The first kappa shape index (κ1) is 20.3. The number of hydrogen-bond donors (Lipinski definition) is 1. The van der Waals surface area contributed by atoms with Gasteiger partial charge in [0.1, 0.15) is 6.04 Å². The van der Waals surface area contributed by atoms with Crippen molar-refractivity contribution >= 4 is 33.2 Å². The molecule has 2 aromatic rings. The maximum absolute atomic E-state index is 12.4. The number of anilines is 1. The number of amides is 1. The predicted octanol–water partition coefficient (Wildman–Crippen LogP) is 3.24. The average molecular weight is 395 g/mol. The third-order valence-electron chi connectivity index (χ3n) is 3.95. The molecule has 26 heavy (non-hydrogen) atoms. The van der Waals surface area contributed by atoms with Gasteiger partial charge in [-0.1, -0.05) is 41.9 Å². The van der Waals surface area contributed by atoms with Crippen molar-refractivity contribution in [3.63, 3.8) is 0 Å². The molecule has 2 aromatic carbocycles. The highest BCUT2D eigenvalue weighted by molar-refractivity contribution is 7.92. The molecule has 0 fully saturated rings. The first-order chi connectivity index (χ1) is 12.3. The topological polar surface area (TPSA) is 66.5 Å². The van der Waals surface area contributed by atoms with E-state index in [1.54, 1.807) is 37.3 Å². The van der Waals surface area contributed by atoms with E-state index in [-0.39, 0.29) is 5.91 Å². The summed E-state index contributed by atoms with van der Waals surface area (Å²) in [7, 11) is -3.58. The van der Waals surface area contributed by atoms with Crippen molar-refractivity contribution in [3.8, 4) is 0 Å². The Morgan fingerprint density at radius 3 is 2.31 bits per heavy atom. The smallest absolute Gasteiger partial charge is 0.243 e. The maximum Gasteiger partial charge on any atom is 0.243 e. The van der Waals surface area contributed by atoms with Crippen LogP contribution in [-0.2, 0) is 21.2 Å². The lowest BCUT2D eigenvalue weighted by molar-refractivity contribution is -0.121. The third-order valence-corrected chi connectivity index (χ3v) is 5.45. The number of nitrogens with zero attached hydrogens (tertiary/aromatic N) is 1. The van der Waals surface area contributed by atoms with E-state index in [0.717, 1.165) is 29.0 Å². The summed E-state index contributed by atoms with van der Waals surface area (Å²) in [5.74, 6) is -0.324. The number of para-hydroxylation sites is 1. The number of halogens is 1. The molecule has 1 N–H and O–H groups in total. The number of hydrogen-bond acceptors (Lipinski definition) is 3. The van der Waals surface area contributed by atoms with Gasteiger partial charge in [0.15, 0.2) is 0 Å². The molecular formula is C19H23ClN2O3S. The highest BCUT2D eigenvalue weighted by Crippen LogP contribution is 2.20. The van der Waals surface area contributed by atoms with Gasteiger partial charge in [0.05, 0.1) is 11.9 Å². The molecule has 0 saturated carbocycles. The van der Waals surface area contributed by atoms with Crippen LogP contribution in [0.4, 0.5) is 5.69 Å². The van der Waals surface area contributed by atoms with Crippen LogP contribution in [0.2, 0.25) is 5.02 Å². The van der Waals surface area contributed by atoms with E-state index < -0.39 is 16.1 Å². The summed E-state index contributed by atoms with van der Waals surface area (Å²) < 4.78 is 25.5. The second-order valence-corrected chi connectivity index (χ2v) is 8.39. The Labute approximate surface area is 160 Å². The highest BCUT2D eigenvalue weighted by atomic mass is 35.5. The van der Waals surface area contributed by atoms with Crippen LogP contribution in [0.25, 0.3) is 0 Å². The predicted molar refractivity (Wildman–Crippen MR) is 106 cm³/mol. The first-order valence-electron chi connectivity index (χ1n) is 8.35. The zero-order chi connectivity index (χ0) is 19.2. The molecule has 0 heterocycles. The van der Waals surface area contributed by atoms with E-state index in [4.69, 9.17) is 11.6 Å². The van der Waals surface area contributed by atoms with Gasteiger partial charge in [-0.05, 0) is 49.6 Å². The molecule has 0 aliphatic rings. The molecule has 140 valence electrons. The highest BCUT2D eigenvalue weighted by Gasteiger charge is 2.28. The van der Waals surface area contributed by atoms with Gasteiger partial charge in [0.2, 0.25) is 15.9 Å². The molecule has 0 aromatic heterocycles. The van der Waals surface area contributed by atoms with Crippen LogP contribution in [0, 0.1) is 0 Å². The summed E-state index contributed by atoms with van der Waals surface area (Å²) in [5.41, 5.74) is 1.61. The number of nitrogens with one attached hydrogen (secondary N) is 1. The molecular weight excluding hydrogens is 372 g/mol. The maximum atomic E-state index is 12.4. The minimum Gasteiger partial charge on any atom is -0.354 e. The Balaban J connectivity index is 1.93. The van der Waals surface area contributed by atoms with E-state index in [1.165, 1.54) is 0 Å². The van der Waals surface area contributed by atoms with Crippen LogP contribution >= 0.6 is 11.6 Å². The number of carbonyl (C=O) groups excluding carboxylic acids is 1. The minimum atomic E-state index is -3.58.